The normalized spacial score (nSPS) is 12.0. The van der Waals surface area contributed by atoms with Gasteiger partial charge in [-0.2, -0.15) is 0 Å². The van der Waals surface area contributed by atoms with Crippen LogP contribution in [0.3, 0.4) is 0 Å². The van der Waals surface area contributed by atoms with Crippen molar-refractivity contribution in [3.63, 3.8) is 0 Å². The summed E-state index contributed by atoms with van der Waals surface area (Å²) in [5, 5.41) is 8.45. The number of hydrogen-bond acceptors (Lipinski definition) is 4. The van der Waals surface area contributed by atoms with Gasteiger partial charge in [-0.15, -0.1) is 4.99 Å². The zero-order valence-corrected chi connectivity index (χ0v) is 20.0. The van der Waals surface area contributed by atoms with E-state index in [1.807, 2.05) is 38.1 Å². The lowest BCUT2D eigenvalue weighted by Crippen LogP contribution is -2.30. The molecular weight excluding hydrogens is 392 g/mol. The molecule has 0 atom stereocenters. The van der Waals surface area contributed by atoms with E-state index in [0.29, 0.717) is 0 Å². The summed E-state index contributed by atoms with van der Waals surface area (Å²) >= 11 is 3.42. The average molecular weight is 428 g/mol. The molecule has 0 radical (unpaired) electrons. The van der Waals surface area contributed by atoms with Crippen LogP contribution in [0.15, 0.2) is 41.4 Å². The second-order valence-electron chi connectivity index (χ2n) is 8.13. The van der Waals surface area contributed by atoms with Crippen molar-refractivity contribution in [2.24, 2.45) is 4.99 Å². The van der Waals surface area contributed by atoms with Gasteiger partial charge in [-0.05, 0) is 71.1 Å². The van der Waals surface area contributed by atoms with Gasteiger partial charge in [0.2, 0.25) is 0 Å². The van der Waals surface area contributed by atoms with E-state index in [-0.39, 0.29) is 11.1 Å². The minimum absolute atomic E-state index is 0.159. The molecule has 6 heteroatoms. The molecule has 0 aliphatic heterocycles. The number of amidine groups is 1. The Morgan fingerprint density at radius 2 is 1.63 bits per heavy atom. The van der Waals surface area contributed by atoms with Crippen LogP contribution < -0.4 is 4.74 Å². The van der Waals surface area contributed by atoms with Crippen molar-refractivity contribution in [3.8, 4) is 5.75 Å². The first-order valence-electron chi connectivity index (χ1n) is 10.2. The van der Waals surface area contributed by atoms with Crippen molar-refractivity contribution in [1.82, 2.24) is 9.80 Å². The summed E-state index contributed by atoms with van der Waals surface area (Å²) in [5.41, 5.74) is 5.49. The Hall–Kier alpha value is -2.15. The molecular formula is C24H35N4OS+. The fourth-order valence-corrected chi connectivity index (χ4v) is 3.25. The molecule has 0 spiro atoms. The van der Waals surface area contributed by atoms with E-state index in [0.717, 1.165) is 48.5 Å². The highest BCUT2D eigenvalue weighted by atomic mass is 32.1. The van der Waals surface area contributed by atoms with Crippen LogP contribution in [0.25, 0.3) is 0 Å². The monoisotopic (exact) mass is 427 g/mol. The summed E-state index contributed by atoms with van der Waals surface area (Å²) in [7, 11) is 6.37. The maximum atomic E-state index is 8.18. The highest BCUT2D eigenvalue weighted by molar-refractivity contribution is 7.77. The van der Waals surface area contributed by atoms with Crippen molar-refractivity contribution >= 4 is 23.7 Å². The van der Waals surface area contributed by atoms with Gasteiger partial charge in [0.15, 0.2) is 5.84 Å². The highest BCUT2D eigenvalue weighted by Gasteiger charge is 2.12. The Bertz CT molecular complexity index is 891. The Morgan fingerprint density at radius 1 is 0.967 bits per heavy atom. The average Bonchev–Trinajstić information content (AvgIpc) is 2.68. The predicted octanol–water partition coefficient (Wildman–Crippen LogP) is 3.42. The summed E-state index contributed by atoms with van der Waals surface area (Å²) in [5.74, 6) is 0.912. The van der Waals surface area contributed by atoms with E-state index in [1.165, 1.54) is 11.1 Å². The Kier molecular flexibility index (Phi) is 9.08. The quantitative estimate of drug-likeness (QED) is 0.399. The molecule has 0 saturated heterocycles. The van der Waals surface area contributed by atoms with Gasteiger partial charge in [0, 0.05) is 25.2 Å². The Morgan fingerprint density at radius 3 is 2.27 bits per heavy atom. The summed E-state index contributed by atoms with van der Waals surface area (Å²) in [6.07, 6.45) is 1.00. The first-order valence-corrected chi connectivity index (χ1v) is 10.7. The van der Waals surface area contributed by atoms with Gasteiger partial charge >= 0.3 is 5.23 Å². The lowest BCUT2D eigenvalue weighted by atomic mass is 10.0. The third-order valence-corrected chi connectivity index (χ3v) is 5.28. The van der Waals surface area contributed by atoms with Crippen LogP contribution in [0, 0.1) is 26.2 Å². The molecule has 0 fully saturated rings. The summed E-state index contributed by atoms with van der Waals surface area (Å²) in [6.45, 7) is 9.31. The van der Waals surface area contributed by atoms with Crippen LogP contribution in [0.2, 0.25) is 0 Å². The van der Waals surface area contributed by atoms with Crippen LogP contribution in [0.1, 0.15) is 27.8 Å². The molecule has 0 bridgehead atoms. The minimum atomic E-state index is 0.159. The second kappa shape index (κ2) is 11.3. The van der Waals surface area contributed by atoms with E-state index in [9.17, 15) is 0 Å². The molecule has 1 N–H and O–H groups in total. The van der Waals surface area contributed by atoms with Crippen molar-refractivity contribution < 1.29 is 4.74 Å². The van der Waals surface area contributed by atoms with Crippen molar-refractivity contribution in [3.05, 3.63) is 64.2 Å². The first kappa shape index (κ1) is 24.1. The van der Waals surface area contributed by atoms with Gasteiger partial charge in [0.05, 0.1) is 12.6 Å². The number of aliphatic imine (C=N–C) groups is 1. The topological polar surface area (TPSA) is 51.9 Å². The SMILES string of the molecule is Cc1ccc(C(=N)N=C([SH2+])Oc2cc(C)c(CCN(C)CCN(C)C)cc2C)cc1. The van der Waals surface area contributed by atoms with Crippen LogP contribution in [0.5, 0.6) is 5.75 Å². The Balaban J connectivity index is 2.02. The molecule has 2 aromatic carbocycles. The lowest BCUT2D eigenvalue weighted by molar-refractivity contribution is 0.284. The minimum Gasteiger partial charge on any atom is -0.402 e. The smallest absolute Gasteiger partial charge is 0.402 e. The number of rotatable bonds is 8. The number of aryl methyl sites for hydroxylation is 3. The molecule has 5 nitrogen and oxygen atoms in total. The molecule has 0 saturated carbocycles. The highest BCUT2D eigenvalue weighted by Crippen LogP contribution is 2.24. The molecule has 0 aliphatic rings. The number of hydrogen-bond donors (Lipinski definition) is 1. The van der Waals surface area contributed by atoms with Gasteiger partial charge in [0.25, 0.3) is 0 Å². The summed E-state index contributed by atoms with van der Waals surface area (Å²) < 4.78 is 5.89. The van der Waals surface area contributed by atoms with Crippen LogP contribution in [-0.2, 0) is 19.0 Å². The first-order chi connectivity index (χ1) is 14.2. The second-order valence-corrected chi connectivity index (χ2v) is 8.56. The molecule has 0 amide bonds. The van der Waals surface area contributed by atoms with E-state index in [2.05, 4.69) is 67.6 Å². The number of likely N-dealkylation sites (N-methyl/N-ethyl adjacent to an activating group) is 2. The van der Waals surface area contributed by atoms with Crippen LogP contribution in [0.4, 0.5) is 0 Å². The Labute approximate surface area is 186 Å². The van der Waals surface area contributed by atoms with Gasteiger partial charge in [-0.1, -0.05) is 35.9 Å². The fraction of sp³-hybridized carbons (Fsp3) is 0.417. The summed E-state index contributed by atoms with van der Waals surface area (Å²) in [6, 6.07) is 12.0. The maximum Gasteiger partial charge on any atom is 0.414 e. The molecule has 0 unspecified atom stereocenters. The molecule has 162 valence electrons. The molecule has 0 aromatic heterocycles. The van der Waals surface area contributed by atoms with Gasteiger partial charge in [-0.25, -0.2) is 0 Å². The molecule has 2 rings (SSSR count). The van der Waals surface area contributed by atoms with Crippen molar-refractivity contribution in [2.75, 3.05) is 40.8 Å². The molecule has 0 aliphatic carbocycles. The standard InChI is InChI=1S/C24H34N4OS/c1-17-7-9-20(10-8-17)23(25)26-24(30)29-22-16-18(2)21(15-19(22)3)11-12-28(6)14-13-27(4)5/h7-10,15-16H,11-14H2,1-6H3,(H2,25,26,30)/p+1. The lowest BCUT2D eigenvalue weighted by Gasteiger charge is -2.20. The van der Waals surface area contributed by atoms with Gasteiger partial charge in [0.1, 0.15) is 5.75 Å². The molecule has 30 heavy (non-hydrogen) atoms. The number of ether oxygens (including phenoxy) is 1. The number of nitrogens with zero attached hydrogens (tertiary/aromatic N) is 3. The molecule has 0 heterocycles. The third-order valence-electron chi connectivity index (χ3n) is 5.07. The zero-order valence-electron chi connectivity index (χ0n) is 19.0. The largest absolute Gasteiger partial charge is 0.414 e. The van der Waals surface area contributed by atoms with Gasteiger partial charge < -0.3 is 14.5 Å². The van der Waals surface area contributed by atoms with E-state index < -0.39 is 0 Å². The van der Waals surface area contributed by atoms with E-state index in [1.54, 1.807) is 0 Å². The van der Waals surface area contributed by atoms with E-state index in [4.69, 9.17) is 10.1 Å². The van der Waals surface area contributed by atoms with Gasteiger partial charge in [-0.3, -0.25) is 5.41 Å². The predicted molar refractivity (Wildman–Crippen MR) is 132 cm³/mol. The van der Waals surface area contributed by atoms with Crippen LogP contribution >= 0.6 is 0 Å². The summed E-state index contributed by atoms with van der Waals surface area (Å²) in [4.78, 5) is 8.80. The third kappa shape index (κ3) is 7.59. The van der Waals surface area contributed by atoms with Crippen LogP contribution in [-0.4, -0.2) is 61.6 Å². The van der Waals surface area contributed by atoms with E-state index >= 15 is 0 Å². The van der Waals surface area contributed by atoms with Crippen molar-refractivity contribution in [1.29, 1.82) is 5.41 Å². The number of nitrogens with one attached hydrogen (secondary N) is 1. The molecule has 2 aromatic rings. The van der Waals surface area contributed by atoms with Crippen molar-refractivity contribution in [2.45, 2.75) is 27.2 Å². The fourth-order valence-electron chi connectivity index (χ4n) is 3.03. The number of benzene rings is 2. The zero-order chi connectivity index (χ0) is 22.3. The maximum absolute atomic E-state index is 8.18.